The number of carboxylic acid groups (broad SMARTS) is 1. The molecule has 0 saturated heterocycles. The number of hydrogen-bond acceptors (Lipinski definition) is 2. The summed E-state index contributed by atoms with van der Waals surface area (Å²) >= 11 is 0. The zero-order chi connectivity index (χ0) is 15.3. The summed E-state index contributed by atoms with van der Waals surface area (Å²) in [7, 11) is 1.74. The lowest BCUT2D eigenvalue weighted by molar-refractivity contribution is -0.151. The Balaban J connectivity index is 2.56. The molecule has 2 amide bonds. The van der Waals surface area contributed by atoms with E-state index in [-0.39, 0.29) is 12.6 Å². The average molecular weight is 284 g/mol. The maximum Gasteiger partial charge on any atom is 0.317 e. The molecule has 0 aromatic heterocycles. The van der Waals surface area contributed by atoms with Gasteiger partial charge in [0, 0.05) is 20.1 Å². The number of urea groups is 1. The van der Waals surface area contributed by atoms with Crippen molar-refractivity contribution in [2.45, 2.75) is 46.5 Å². The average Bonchev–Trinajstić information content (AvgIpc) is 2.37. The van der Waals surface area contributed by atoms with E-state index in [9.17, 15) is 14.7 Å². The smallest absolute Gasteiger partial charge is 0.317 e. The van der Waals surface area contributed by atoms with E-state index in [0.29, 0.717) is 31.2 Å². The topological polar surface area (TPSA) is 69.6 Å². The number of nitrogens with zero attached hydrogens (tertiary/aromatic N) is 1. The molecule has 0 aromatic rings. The molecule has 1 fully saturated rings. The van der Waals surface area contributed by atoms with Crippen molar-refractivity contribution in [2.24, 2.45) is 17.3 Å². The van der Waals surface area contributed by atoms with Gasteiger partial charge in [-0.1, -0.05) is 20.8 Å². The van der Waals surface area contributed by atoms with Crippen LogP contribution in [-0.4, -0.2) is 42.1 Å². The van der Waals surface area contributed by atoms with E-state index in [2.05, 4.69) is 12.2 Å². The van der Waals surface area contributed by atoms with Crippen LogP contribution in [-0.2, 0) is 4.79 Å². The Morgan fingerprint density at radius 3 is 2.35 bits per heavy atom. The van der Waals surface area contributed by atoms with E-state index >= 15 is 0 Å². The first-order valence-corrected chi connectivity index (χ1v) is 7.49. The first kappa shape index (κ1) is 16.8. The predicted octanol–water partition coefficient (Wildman–Crippen LogP) is 2.56. The van der Waals surface area contributed by atoms with E-state index in [1.54, 1.807) is 11.9 Å². The number of nitrogens with one attached hydrogen (secondary N) is 1. The minimum absolute atomic E-state index is 0.182. The van der Waals surface area contributed by atoms with Gasteiger partial charge in [-0.25, -0.2) is 4.79 Å². The summed E-state index contributed by atoms with van der Waals surface area (Å²) in [6.07, 6.45) is 3.14. The molecule has 0 atom stereocenters. The van der Waals surface area contributed by atoms with Gasteiger partial charge in [0.25, 0.3) is 0 Å². The van der Waals surface area contributed by atoms with Crippen LogP contribution in [0.15, 0.2) is 0 Å². The molecule has 0 unspecified atom stereocenters. The third-order valence-electron chi connectivity index (χ3n) is 4.25. The molecule has 0 bridgehead atoms. The quantitative estimate of drug-likeness (QED) is 0.815. The summed E-state index contributed by atoms with van der Waals surface area (Å²) < 4.78 is 0. The Bertz CT molecular complexity index is 347. The number of carbonyl (C=O) groups is 2. The Morgan fingerprint density at radius 1 is 1.35 bits per heavy atom. The molecule has 116 valence electrons. The summed E-state index contributed by atoms with van der Waals surface area (Å²) in [6, 6.07) is -0.182. The van der Waals surface area contributed by atoms with Gasteiger partial charge in [-0.15, -0.1) is 0 Å². The Labute approximate surface area is 121 Å². The molecule has 0 heterocycles. The molecule has 2 N–H and O–H groups in total. The van der Waals surface area contributed by atoms with Crippen LogP contribution in [0.4, 0.5) is 4.79 Å². The Morgan fingerprint density at radius 2 is 1.90 bits per heavy atom. The van der Waals surface area contributed by atoms with Crippen molar-refractivity contribution in [3.8, 4) is 0 Å². The van der Waals surface area contributed by atoms with Gasteiger partial charge in [0.15, 0.2) is 0 Å². The van der Waals surface area contributed by atoms with Crippen molar-refractivity contribution in [3.05, 3.63) is 0 Å². The van der Waals surface area contributed by atoms with Gasteiger partial charge >= 0.3 is 12.0 Å². The normalized spacial score (nSPS) is 26.4. The fourth-order valence-electron chi connectivity index (χ4n) is 2.79. The molecule has 0 aromatic carbocycles. The molecule has 0 aliphatic heterocycles. The van der Waals surface area contributed by atoms with Crippen LogP contribution in [0.2, 0.25) is 0 Å². The zero-order valence-corrected chi connectivity index (χ0v) is 13.1. The lowest BCUT2D eigenvalue weighted by Crippen LogP contribution is -2.48. The highest BCUT2D eigenvalue weighted by atomic mass is 16.4. The molecular weight excluding hydrogens is 256 g/mol. The Hall–Kier alpha value is -1.26. The molecular formula is C15H28N2O3. The lowest BCUT2D eigenvalue weighted by Gasteiger charge is -2.36. The first-order valence-electron chi connectivity index (χ1n) is 7.49. The van der Waals surface area contributed by atoms with Crippen LogP contribution in [0.1, 0.15) is 46.5 Å². The summed E-state index contributed by atoms with van der Waals surface area (Å²) in [4.78, 5) is 25.2. The minimum atomic E-state index is -0.781. The second-order valence-corrected chi connectivity index (χ2v) is 6.70. The number of hydrogen-bond donors (Lipinski definition) is 2. The van der Waals surface area contributed by atoms with Gasteiger partial charge in [0.2, 0.25) is 0 Å². The lowest BCUT2D eigenvalue weighted by atomic mass is 9.71. The van der Waals surface area contributed by atoms with Crippen LogP contribution in [0.5, 0.6) is 0 Å². The number of amides is 2. The van der Waals surface area contributed by atoms with Gasteiger partial charge in [-0.05, 0) is 37.5 Å². The molecule has 5 heteroatoms. The highest BCUT2D eigenvalue weighted by molar-refractivity contribution is 5.78. The van der Waals surface area contributed by atoms with Gasteiger partial charge < -0.3 is 15.3 Å². The SMILES string of the molecule is CC(C)CN(C)C(=O)NCC1(C(=O)O)CCC(C)CC1. The molecule has 1 aliphatic carbocycles. The van der Waals surface area contributed by atoms with Crippen molar-refractivity contribution in [2.75, 3.05) is 20.1 Å². The fourth-order valence-corrected chi connectivity index (χ4v) is 2.79. The van der Waals surface area contributed by atoms with Crippen LogP contribution < -0.4 is 5.32 Å². The van der Waals surface area contributed by atoms with E-state index in [1.807, 2.05) is 13.8 Å². The third-order valence-corrected chi connectivity index (χ3v) is 4.25. The third kappa shape index (κ3) is 4.39. The summed E-state index contributed by atoms with van der Waals surface area (Å²) in [5, 5.41) is 12.3. The van der Waals surface area contributed by atoms with Crippen molar-refractivity contribution in [1.29, 1.82) is 0 Å². The second kappa shape index (κ2) is 6.95. The predicted molar refractivity (Wildman–Crippen MR) is 78.6 cm³/mol. The molecule has 0 spiro atoms. The van der Waals surface area contributed by atoms with E-state index < -0.39 is 11.4 Å². The van der Waals surface area contributed by atoms with Gasteiger partial charge in [-0.3, -0.25) is 4.79 Å². The van der Waals surface area contributed by atoms with Crippen molar-refractivity contribution in [1.82, 2.24) is 10.2 Å². The van der Waals surface area contributed by atoms with Crippen LogP contribution in [0.3, 0.4) is 0 Å². The van der Waals surface area contributed by atoms with Crippen LogP contribution >= 0.6 is 0 Å². The summed E-state index contributed by atoms with van der Waals surface area (Å²) in [6.45, 7) is 7.15. The van der Waals surface area contributed by atoms with Crippen molar-refractivity contribution >= 4 is 12.0 Å². The molecule has 20 heavy (non-hydrogen) atoms. The highest BCUT2D eigenvalue weighted by Crippen LogP contribution is 2.38. The molecule has 1 aliphatic rings. The van der Waals surface area contributed by atoms with Crippen LogP contribution in [0, 0.1) is 17.3 Å². The second-order valence-electron chi connectivity index (χ2n) is 6.70. The maximum atomic E-state index is 12.0. The number of carboxylic acids is 1. The van der Waals surface area contributed by atoms with Crippen molar-refractivity contribution in [3.63, 3.8) is 0 Å². The molecule has 5 nitrogen and oxygen atoms in total. The van der Waals surface area contributed by atoms with E-state index in [4.69, 9.17) is 0 Å². The standard InChI is InChI=1S/C15H28N2O3/c1-11(2)9-17(4)14(20)16-10-15(13(18)19)7-5-12(3)6-8-15/h11-12H,5-10H2,1-4H3,(H,16,20)(H,18,19). The minimum Gasteiger partial charge on any atom is -0.481 e. The first-order chi connectivity index (χ1) is 9.27. The van der Waals surface area contributed by atoms with E-state index in [1.165, 1.54) is 0 Å². The Kier molecular flexibility index (Phi) is 5.84. The summed E-state index contributed by atoms with van der Waals surface area (Å²) in [5.41, 5.74) is -0.777. The highest BCUT2D eigenvalue weighted by Gasteiger charge is 2.41. The zero-order valence-electron chi connectivity index (χ0n) is 13.1. The maximum absolute atomic E-state index is 12.0. The van der Waals surface area contributed by atoms with E-state index in [0.717, 1.165) is 12.8 Å². The number of carbonyl (C=O) groups excluding carboxylic acids is 1. The van der Waals surface area contributed by atoms with Crippen LogP contribution in [0.25, 0.3) is 0 Å². The monoisotopic (exact) mass is 284 g/mol. The molecule has 1 saturated carbocycles. The number of rotatable bonds is 5. The number of aliphatic carboxylic acids is 1. The largest absolute Gasteiger partial charge is 0.481 e. The van der Waals surface area contributed by atoms with Gasteiger partial charge in [-0.2, -0.15) is 0 Å². The molecule has 1 rings (SSSR count). The van der Waals surface area contributed by atoms with Gasteiger partial charge in [0.05, 0.1) is 5.41 Å². The van der Waals surface area contributed by atoms with Crippen molar-refractivity contribution < 1.29 is 14.7 Å². The molecule has 0 radical (unpaired) electrons. The summed E-state index contributed by atoms with van der Waals surface area (Å²) in [5.74, 6) is 0.202. The van der Waals surface area contributed by atoms with Gasteiger partial charge in [0.1, 0.15) is 0 Å². The fraction of sp³-hybridized carbons (Fsp3) is 0.867.